The molecule has 0 amide bonds. The van der Waals surface area contributed by atoms with Crippen LogP contribution in [0.2, 0.25) is 0 Å². The van der Waals surface area contributed by atoms with E-state index in [0.717, 1.165) is 20.2 Å². The molecule has 108 valence electrons. The molecule has 0 aliphatic heterocycles. The standard InChI is InChI=1S/C16H13ClINO2/c1-9-4-3-5-11(15(9)18)14(17)10-6-7-12-13(8-10)21-16(20)19(12)2/h3-8,14H,1-2H3. The van der Waals surface area contributed by atoms with E-state index < -0.39 is 0 Å². The van der Waals surface area contributed by atoms with Crippen LogP contribution in [0.25, 0.3) is 11.1 Å². The second-order valence-corrected chi connectivity index (χ2v) is 6.51. The van der Waals surface area contributed by atoms with Crippen molar-refractivity contribution < 1.29 is 4.42 Å². The van der Waals surface area contributed by atoms with Crippen LogP contribution in [0.1, 0.15) is 22.1 Å². The number of aryl methyl sites for hydroxylation is 2. The van der Waals surface area contributed by atoms with Gasteiger partial charge in [0, 0.05) is 10.6 Å². The molecule has 0 bridgehead atoms. The van der Waals surface area contributed by atoms with Crippen molar-refractivity contribution in [1.29, 1.82) is 0 Å². The zero-order valence-electron chi connectivity index (χ0n) is 11.6. The fourth-order valence-corrected chi connectivity index (χ4v) is 3.53. The Kier molecular flexibility index (Phi) is 3.84. The Morgan fingerprint density at radius 1 is 1.29 bits per heavy atom. The molecule has 0 saturated carbocycles. The zero-order valence-corrected chi connectivity index (χ0v) is 14.5. The number of alkyl halides is 1. The second-order valence-electron chi connectivity index (χ2n) is 4.99. The van der Waals surface area contributed by atoms with Crippen molar-refractivity contribution in [2.45, 2.75) is 12.3 Å². The van der Waals surface area contributed by atoms with Crippen LogP contribution in [0.3, 0.4) is 0 Å². The van der Waals surface area contributed by atoms with Crippen LogP contribution in [0.15, 0.2) is 45.6 Å². The number of hydrogen-bond donors (Lipinski definition) is 0. The second kappa shape index (κ2) is 5.50. The van der Waals surface area contributed by atoms with Gasteiger partial charge < -0.3 is 4.42 Å². The highest BCUT2D eigenvalue weighted by Crippen LogP contribution is 2.34. The van der Waals surface area contributed by atoms with Crippen molar-refractivity contribution in [3.05, 3.63) is 67.2 Å². The lowest BCUT2D eigenvalue weighted by Gasteiger charge is -2.13. The maximum absolute atomic E-state index is 11.6. The molecule has 21 heavy (non-hydrogen) atoms. The van der Waals surface area contributed by atoms with E-state index in [1.54, 1.807) is 7.05 Å². The van der Waals surface area contributed by atoms with Gasteiger partial charge in [-0.05, 0) is 58.3 Å². The monoisotopic (exact) mass is 413 g/mol. The van der Waals surface area contributed by atoms with Crippen molar-refractivity contribution in [2.75, 3.05) is 0 Å². The van der Waals surface area contributed by atoms with Crippen molar-refractivity contribution in [3.8, 4) is 0 Å². The summed E-state index contributed by atoms with van der Waals surface area (Å²) in [7, 11) is 1.69. The highest BCUT2D eigenvalue weighted by Gasteiger charge is 2.17. The first kappa shape index (κ1) is 14.7. The minimum atomic E-state index is -0.363. The molecule has 1 unspecified atom stereocenters. The largest absolute Gasteiger partial charge is 0.419 e. The van der Waals surface area contributed by atoms with E-state index >= 15 is 0 Å². The Hall–Kier alpha value is -1.27. The van der Waals surface area contributed by atoms with Gasteiger partial charge in [-0.25, -0.2) is 4.79 Å². The first-order valence-corrected chi connectivity index (χ1v) is 7.99. The zero-order chi connectivity index (χ0) is 15.1. The molecule has 0 aliphatic rings. The maximum Gasteiger partial charge on any atom is 0.419 e. The molecule has 3 rings (SSSR count). The van der Waals surface area contributed by atoms with Crippen LogP contribution in [-0.2, 0) is 7.05 Å². The predicted molar refractivity (Wildman–Crippen MR) is 93.0 cm³/mol. The van der Waals surface area contributed by atoms with Crippen LogP contribution in [0.4, 0.5) is 0 Å². The Morgan fingerprint density at radius 2 is 2.05 bits per heavy atom. The molecule has 0 spiro atoms. The molecule has 0 saturated heterocycles. The van der Waals surface area contributed by atoms with Crippen molar-refractivity contribution in [2.24, 2.45) is 7.05 Å². The molecule has 1 atom stereocenters. The Morgan fingerprint density at radius 3 is 2.81 bits per heavy atom. The number of nitrogens with zero attached hydrogens (tertiary/aromatic N) is 1. The van der Waals surface area contributed by atoms with Crippen LogP contribution in [-0.4, -0.2) is 4.57 Å². The van der Waals surface area contributed by atoms with Crippen LogP contribution in [0, 0.1) is 10.5 Å². The molecule has 2 aromatic carbocycles. The third-order valence-electron chi connectivity index (χ3n) is 3.60. The summed E-state index contributed by atoms with van der Waals surface area (Å²) in [6.45, 7) is 2.06. The first-order chi connectivity index (χ1) is 9.99. The molecular weight excluding hydrogens is 401 g/mol. The molecule has 3 nitrogen and oxygen atoms in total. The quantitative estimate of drug-likeness (QED) is 0.462. The fraction of sp³-hybridized carbons (Fsp3) is 0.188. The van der Waals surface area contributed by atoms with Gasteiger partial charge in [-0.1, -0.05) is 24.3 Å². The molecule has 3 aromatic rings. The summed E-state index contributed by atoms with van der Waals surface area (Å²) in [5, 5.41) is -0.272. The van der Waals surface area contributed by atoms with Crippen molar-refractivity contribution in [3.63, 3.8) is 0 Å². The van der Waals surface area contributed by atoms with E-state index in [0.29, 0.717) is 5.58 Å². The lowest BCUT2D eigenvalue weighted by molar-refractivity contribution is 0.528. The van der Waals surface area contributed by atoms with Crippen LogP contribution < -0.4 is 5.76 Å². The van der Waals surface area contributed by atoms with Gasteiger partial charge in [-0.3, -0.25) is 4.57 Å². The molecule has 1 aromatic heterocycles. The summed E-state index contributed by atoms with van der Waals surface area (Å²) in [5.74, 6) is -0.363. The Labute approximate surface area is 140 Å². The molecule has 1 heterocycles. The number of rotatable bonds is 2. The van der Waals surface area contributed by atoms with Gasteiger partial charge in [-0.2, -0.15) is 0 Å². The van der Waals surface area contributed by atoms with Crippen LogP contribution in [0.5, 0.6) is 0 Å². The lowest BCUT2D eigenvalue weighted by Crippen LogP contribution is -2.08. The van der Waals surface area contributed by atoms with Crippen LogP contribution >= 0.6 is 34.2 Å². The minimum Gasteiger partial charge on any atom is -0.408 e. The summed E-state index contributed by atoms with van der Waals surface area (Å²) in [5.41, 5.74) is 4.52. The number of fused-ring (bicyclic) bond motifs is 1. The van der Waals surface area contributed by atoms with E-state index in [1.807, 2.05) is 30.3 Å². The molecule has 0 fully saturated rings. The van der Waals surface area contributed by atoms with E-state index in [2.05, 4.69) is 35.6 Å². The smallest absolute Gasteiger partial charge is 0.408 e. The third-order valence-corrected chi connectivity index (χ3v) is 5.56. The van der Waals surface area contributed by atoms with E-state index in [9.17, 15) is 4.79 Å². The SMILES string of the molecule is Cc1cccc(C(Cl)c2ccc3c(c2)oc(=O)n3C)c1I. The van der Waals surface area contributed by atoms with Gasteiger partial charge in [0.15, 0.2) is 5.58 Å². The first-order valence-electron chi connectivity index (χ1n) is 6.47. The van der Waals surface area contributed by atoms with Gasteiger partial charge in [0.1, 0.15) is 0 Å². The third kappa shape index (κ3) is 2.51. The van der Waals surface area contributed by atoms with E-state index in [4.69, 9.17) is 16.0 Å². The number of benzene rings is 2. The van der Waals surface area contributed by atoms with Gasteiger partial charge in [0.05, 0.1) is 10.9 Å². The predicted octanol–water partition coefficient (Wildman–Crippen LogP) is 4.37. The summed E-state index contributed by atoms with van der Waals surface area (Å²) >= 11 is 8.94. The van der Waals surface area contributed by atoms with Gasteiger partial charge >= 0.3 is 5.76 Å². The van der Waals surface area contributed by atoms with Crippen molar-refractivity contribution in [1.82, 2.24) is 4.57 Å². The number of hydrogen-bond acceptors (Lipinski definition) is 2. The summed E-state index contributed by atoms with van der Waals surface area (Å²) in [6.07, 6.45) is 0. The molecule has 0 aliphatic carbocycles. The normalized spacial score (nSPS) is 12.8. The van der Waals surface area contributed by atoms with E-state index in [-0.39, 0.29) is 11.1 Å². The summed E-state index contributed by atoms with van der Waals surface area (Å²) in [4.78, 5) is 11.6. The van der Waals surface area contributed by atoms with Gasteiger partial charge in [0.25, 0.3) is 0 Å². The minimum absolute atomic E-state index is 0.272. The summed E-state index contributed by atoms with van der Waals surface area (Å²) in [6, 6.07) is 11.7. The maximum atomic E-state index is 11.6. The lowest BCUT2D eigenvalue weighted by atomic mass is 10.0. The number of aromatic nitrogens is 1. The molecule has 5 heteroatoms. The van der Waals surface area contributed by atoms with Crippen molar-refractivity contribution >= 4 is 45.3 Å². The molecular formula is C16H13ClINO2. The average Bonchev–Trinajstić information content (AvgIpc) is 2.76. The molecule has 0 radical (unpaired) electrons. The van der Waals surface area contributed by atoms with E-state index in [1.165, 1.54) is 10.1 Å². The molecule has 0 N–H and O–H groups in total. The highest BCUT2D eigenvalue weighted by atomic mass is 127. The average molecular weight is 414 g/mol. The summed E-state index contributed by atoms with van der Waals surface area (Å²) < 4.78 is 7.87. The fourth-order valence-electron chi connectivity index (χ4n) is 2.35. The Bertz CT molecular complexity index is 882. The highest BCUT2D eigenvalue weighted by molar-refractivity contribution is 14.1. The Balaban J connectivity index is 2.11. The van der Waals surface area contributed by atoms with Gasteiger partial charge in [-0.15, -0.1) is 11.6 Å². The number of oxazole rings is 1. The number of halogens is 2. The van der Waals surface area contributed by atoms with Gasteiger partial charge in [0.2, 0.25) is 0 Å². The topological polar surface area (TPSA) is 35.1 Å².